The van der Waals surface area contributed by atoms with E-state index in [1.807, 2.05) is 11.4 Å². The minimum Gasteiger partial charge on any atom is -0.377 e. The average molecular weight is 332 g/mol. The zero-order valence-corrected chi connectivity index (χ0v) is 12.9. The molecule has 1 fully saturated rings. The predicted octanol–water partition coefficient (Wildman–Crippen LogP) is 3.19. The van der Waals surface area contributed by atoms with Gasteiger partial charge in [0.2, 0.25) is 0 Å². The maximum Gasteiger partial charge on any atom is 0.187 e. The molecule has 0 aromatic carbocycles. The molecule has 1 aromatic heterocycles. The number of ketones is 1. The lowest BCUT2D eigenvalue weighted by atomic mass is 10.2. The summed E-state index contributed by atoms with van der Waals surface area (Å²) in [5.41, 5.74) is 0. The molecule has 1 aliphatic heterocycles. The molecule has 0 spiro atoms. The van der Waals surface area contributed by atoms with E-state index in [4.69, 9.17) is 4.74 Å². The van der Waals surface area contributed by atoms with Crippen molar-refractivity contribution in [3.05, 3.63) is 20.8 Å². The fourth-order valence-electron chi connectivity index (χ4n) is 2.13. The number of Topliss-reactive ketones (excluding diaryl/α,β-unsaturated/α-hetero) is 1. The van der Waals surface area contributed by atoms with Crippen LogP contribution in [-0.4, -0.2) is 43.0 Å². The van der Waals surface area contributed by atoms with E-state index in [0.717, 1.165) is 41.9 Å². The van der Waals surface area contributed by atoms with Crippen molar-refractivity contribution in [3.63, 3.8) is 0 Å². The van der Waals surface area contributed by atoms with Crippen LogP contribution in [0.15, 0.2) is 15.9 Å². The third-order valence-corrected chi connectivity index (χ3v) is 5.01. The van der Waals surface area contributed by atoms with Gasteiger partial charge in [-0.15, -0.1) is 11.3 Å². The standard InChI is InChI=1S/C13H18BrNO2S/c1-2-10-8-15(5-3-6-17-10)9-12(16)13-11(14)4-7-18-13/h4,7,10H,2-3,5-6,8-9H2,1H3. The molecule has 0 aliphatic carbocycles. The molecule has 1 unspecified atom stereocenters. The Labute approximate surface area is 120 Å². The normalized spacial score (nSPS) is 21.8. The first-order chi connectivity index (χ1) is 8.70. The summed E-state index contributed by atoms with van der Waals surface area (Å²) in [5.74, 6) is 0.202. The van der Waals surface area contributed by atoms with Crippen LogP contribution >= 0.6 is 27.3 Å². The largest absolute Gasteiger partial charge is 0.377 e. The highest BCUT2D eigenvalue weighted by Gasteiger charge is 2.21. The lowest BCUT2D eigenvalue weighted by molar-refractivity contribution is 0.0512. The minimum atomic E-state index is 0.202. The molecule has 18 heavy (non-hydrogen) atoms. The van der Waals surface area contributed by atoms with E-state index in [0.29, 0.717) is 6.54 Å². The molecule has 1 atom stereocenters. The van der Waals surface area contributed by atoms with Crippen LogP contribution < -0.4 is 0 Å². The first-order valence-electron chi connectivity index (χ1n) is 6.31. The van der Waals surface area contributed by atoms with E-state index in [2.05, 4.69) is 27.8 Å². The number of rotatable bonds is 4. The molecule has 3 nitrogen and oxygen atoms in total. The van der Waals surface area contributed by atoms with Gasteiger partial charge in [-0.1, -0.05) is 6.92 Å². The SMILES string of the molecule is CCC1CN(CC(=O)c2sccc2Br)CCCO1. The van der Waals surface area contributed by atoms with Crippen molar-refractivity contribution in [2.24, 2.45) is 0 Å². The van der Waals surface area contributed by atoms with E-state index < -0.39 is 0 Å². The van der Waals surface area contributed by atoms with Gasteiger partial charge in [0, 0.05) is 24.2 Å². The number of nitrogens with zero attached hydrogens (tertiary/aromatic N) is 1. The van der Waals surface area contributed by atoms with E-state index >= 15 is 0 Å². The van der Waals surface area contributed by atoms with Crippen molar-refractivity contribution in [1.82, 2.24) is 4.90 Å². The van der Waals surface area contributed by atoms with E-state index in [1.165, 1.54) is 11.3 Å². The number of thiophene rings is 1. The molecular weight excluding hydrogens is 314 g/mol. The van der Waals surface area contributed by atoms with Crippen molar-refractivity contribution in [3.8, 4) is 0 Å². The number of carbonyl (C=O) groups excluding carboxylic acids is 1. The third kappa shape index (κ3) is 3.63. The second-order valence-electron chi connectivity index (χ2n) is 4.51. The quantitative estimate of drug-likeness (QED) is 0.793. The van der Waals surface area contributed by atoms with Gasteiger partial charge in [0.15, 0.2) is 5.78 Å². The molecule has 1 saturated heterocycles. The molecular formula is C13H18BrNO2S. The molecule has 5 heteroatoms. The Morgan fingerprint density at radius 2 is 2.50 bits per heavy atom. The summed E-state index contributed by atoms with van der Waals surface area (Å²) in [5, 5.41) is 1.94. The molecule has 0 radical (unpaired) electrons. The highest BCUT2D eigenvalue weighted by molar-refractivity contribution is 9.10. The Morgan fingerprint density at radius 3 is 3.17 bits per heavy atom. The maximum atomic E-state index is 12.2. The molecule has 1 aliphatic rings. The second kappa shape index (κ2) is 6.80. The van der Waals surface area contributed by atoms with E-state index in [1.54, 1.807) is 0 Å². The highest BCUT2D eigenvalue weighted by Crippen LogP contribution is 2.23. The molecule has 0 N–H and O–H groups in total. The lowest BCUT2D eigenvalue weighted by Crippen LogP contribution is -2.35. The summed E-state index contributed by atoms with van der Waals surface area (Å²) < 4.78 is 6.63. The zero-order chi connectivity index (χ0) is 13.0. The molecule has 1 aromatic rings. The van der Waals surface area contributed by atoms with Crippen molar-refractivity contribution in [1.29, 1.82) is 0 Å². The van der Waals surface area contributed by atoms with Crippen molar-refractivity contribution in [2.75, 3.05) is 26.2 Å². The summed E-state index contributed by atoms with van der Waals surface area (Å²) in [6.45, 7) is 5.26. The Bertz CT molecular complexity index is 407. The van der Waals surface area contributed by atoms with Gasteiger partial charge in [-0.3, -0.25) is 9.69 Å². The molecule has 0 amide bonds. The monoisotopic (exact) mass is 331 g/mol. The minimum absolute atomic E-state index is 0.202. The van der Waals surface area contributed by atoms with Gasteiger partial charge >= 0.3 is 0 Å². The van der Waals surface area contributed by atoms with Gasteiger partial charge in [-0.05, 0) is 40.2 Å². The summed E-state index contributed by atoms with van der Waals surface area (Å²) in [4.78, 5) is 15.2. The fraction of sp³-hybridized carbons (Fsp3) is 0.615. The van der Waals surface area contributed by atoms with Crippen molar-refractivity contribution in [2.45, 2.75) is 25.9 Å². The van der Waals surface area contributed by atoms with Crippen LogP contribution in [0.3, 0.4) is 0 Å². The zero-order valence-electron chi connectivity index (χ0n) is 10.5. The molecule has 100 valence electrons. The van der Waals surface area contributed by atoms with Crippen LogP contribution in [0.4, 0.5) is 0 Å². The van der Waals surface area contributed by atoms with Crippen molar-refractivity contribution >= 4 is 33.0 Å². The number of hydrogen-bond acceptors (Lipinski definition) is 4. The molecule has 2 rings (SSSR count). The van der Waals surface area contributed by atoms with Crippen LogP contribution in [0.5, 0.6) is 0 Å². The van der Waals surface area contributed by atoms with Gasteiger partial charge in [0.1, 0.15) is 0 Å². The summed E-state index contributed by atoms with van der Waals surface area (Å²) in [7, 11) is 0. The highest BCUT2D eigenvalue weighted by atomic mass is 79.9. The van der Waals surface area contributed by atoms with Crippen LogP contribution in [0, 0.1) is 0 Å². The fourth-order valence-corrected chi connectivity index (χ4v) is 3.65. The molecule has 0 saturated carbocycles. The molecule has 2 heterocycles. The number of carbonyl (C=O) groups is 1. The van der Waals surface area contributed by atoms with Crippen molar-refractivity contribution < 1.29 is 9.53 Å². The van der Waals surface area contributed by atoms with E-state index in [9.17, 15) is 4.79 Å². The topological polar surface area (TPSA) is 29.5 Å². The number of hydrogen-bond donors (Lipinski definition) is 0. The van der Waals surface area contributed by atoms with Gasteiger partial charge in [0.25, 0.3) is 0 Å². The second-order valence-corrected chi connectivity index (χ2v) is 6.28. The lowest BCUT2D eigenvalue weighted by Gasteiger charge is -2.22. The maximum absolute atomic E-state index is 12.2. The predicted molar refractivity (Wildman–Crippen MR) is 77.4 cm³/mol. The van der Waals surface area contributed by atoms with E-state index in [-0.39, 0.29) is 11.9 Å². The average Bonchev–Trinajstić information content (AvgIpc) is 2.66. The van der Waals surface area contributed by atoms with Crippen LogP contribution in [0.2, 0.25) is 0 Å². The van der Waals surface area contributed by atoms with Crippen LogP contribution in [0.25, 0.3) is 0 Å². The summed E-state index contributed by atoms with van der Waals surface area (Å²) in [6, 6.07) is 1.93. The first-order valence-corrected chi connectivity index (χ1v) is 7.98. The first kappa shape index (κ1) is 14.2. The molecule has 0 bridgehead atoms. The summed E-state index contributed by atoms with van der Waals surface area (Å²) >= 11 is 4.92. The number of ether oxygens (including phenoxy) is 1. The smallest absolute Gasteiger partial charge is 0.187 e. The van der Waals surface area contributed by atoms with Gasteiger partial charge in [-0.25, -0.2) is 0 Å². The third-order valence-electron chi connectivity index (χ3n) is 3.13. The Kier molecular flexibility index (Phi) is 5.36. The Morgan fingerprint density at radius 1 is 1.67 bits per heavy atom. The Hall–Kier alpha value is -0.230. The van der Waals surface area contributed by atoms with Crippen LogP contribution in [0.1, 0.15) is 29.4 Å². The van der Waals surface area contributed by atoms with Gasteiger partial charge in [-0.2, -0.15) is 0 Å². The van der Waals surface area contributed by atoms with Gasteiger partial charge in [0.05, 0.1) is 17.5 Å². The number of halogens is 1. The Balaban J connectivity index is 1.95. The summed E-state index contributed by atoms with van der Waals surface area (Å²) in [6.07, 6.45) is 2.29. The van der Waals surface area contributed by atoms with Crippen LogP contribution in [-0.2, 0) is 4.74 Å². The van der Waals surface area contributed by atoms with Gasteiger partial charge < -0.3 is 4.74 Å².